The van der Waals surface area contributed by atoms with Crippen molar-refractivity contribution in [1.29, 1.82) is 5.26 Å². The lowest BCUT2D eigenvalue weighted by molar-refractivity contribution is 1.11. The molecule has 0 aromatic heterocycles. The molecule has 0 bridgehead atoms. The summed E-state index contributed by atoms with van der Waals surface area (Å²) in [6.45, 7) is 2.08. The Kier molecular flexibility index (Phi) is 3.81. The van der Waals surface area contributed by atoms with E-state index in [1.807, 2.05) is 26.2 Å². The van der Waals surface area contributed by atoms with E-state index in [1.165, 1.54) is 5.56 Å². The van der Waals surface area contributed by atoms with Crippen molar-refractivity contribution in [2.75, 3.05) is 30.0 Å². The Hall–Kier alpha value is -2.67. The molecule has 4 heteroatoms. The second-order valence-corrected chi connectivity index (χ2v) is 4.93. The minimum absolute atomic E-state index is 0.484. The molecule has 2 aromatic carbocycles. The second kappa shape index (κ2) is 5.54. The van der Waals surface area contributed by atoms with Gasteiger partial charge in [0.15, 0.2) is 0 Å². The average molecular weight is 266 g/mol. The minimum Gasteiger partial charge on any atom is -0.398 e. The maximum atomic E-state index is 8.87. The maximum Gasteiger partial charge on any atom is 0.101 e. The van der Waals surface area contributed by atoms with Crippen LogP contribution in [-0.4, -0.2) is 14.1 Å². The lowest BCUT2D eigenvalue weighted by atomic mass is 10.1. The third-order valence-electron chi connectivity index (χ3n) is 3.15. The number of benzene rings is 2. The van der Waals surface area contributed by atoms with Gasteiger partial charge in [-0.05, 0) is 42.8 Å². The quantitative estimate of drug-likeness (QED) is 0.837. The van der Waals surface area contributed by atoms with Crippen LogP contribution in [0.1, 0.15) is 11.1 Å². The molecule has 20 heavy (non-hydrogen) atoms. The molecule has 0 aliphatic carbocycles. The fourth-order valence-corrected chi connectivity index (χ4v) is 2.08. The molecule has 0 atom stereocenters. The maximum absolute atomic E-state index is 8.87. The zero-order valence-electron chi connectivity index (χ0n) is 11.9. The van der Waals surface area contributed by atoms with Gasteiger partial charge < -0.3 is 16.0 Å². The fraction of sp³-hybridized carbons (Fsp3) is 0.188. The van der Waals surface area contributed by atoms with Gasteiger partial charge in [0.2, 0.25) is 0 Å². The molecule has 2 rings (SSSR count). The first-order valence-corrected chi connectivity index (χ1v) is 6.36. The molecular formula is C16H18N4. The summed E-state index contributed by atoms with van der Waals surface area (Å²) in [5.74, 6) is 0. The summed E-state index contributed by atoms with van der Waals surface area (Å²) in [4.78, 5) is 2.08. The smallest absolute Gasteiger partial charge is 0.101 e. The fourth-order valence-electron chi connectivity index (χ4n) is 2.08. The monoisotopic (exact) mass is 266 g/mol. The molecule has 0 heterocycles. The highest BCUT2D eigenvalue weighted by Crippen LogP contribution is 2.26. The topological polar surface area (TPSA) is 65.1 Å². The van der Waals surface area contributed by atoms with Crippen LogP contribution in [-0.2, 0) is 0 Å². The van der Waals surface area contributed by atoms with Gasteiger partial charge in [-0.1, -0.05) is 6.07 Å². The Morgan fingerprint density at radius 1 is 1.10 bits per heavy atom. The molecule has 0 unspecified atom stereocenters. The van der Waals surface area contributed by atoms with Gasteiger partial charge in [-0.2, -0.15) is 5.26 Å². The second-order valence-electron chi connectivity index (χ2n) is 4.93. The highest BCUT2D eigenvalue weighted by Gasteiger charge is 2.04. The van der Waals surface area contributed by atoms with Gasteiger partial charge in [0.05, 0.1) is 11.3 Å². The van der Waals surface area contributed by atoms with E-state index < -0.39 is 0 Å². The number of nitrogens with zero attached hydrogens (tertiary/aromatic N) is 2. The van der Waals surface area contributed by atoms with Crippen LogP contribution in [0.2, 0.25) is 0 Å². The average Bonchev–Trinajstić information content (AvgIpc) is 2.41. The third kappa shape index (κ3) is 2.83. The van der Waals surface area contributed by atoms with Crippen LogP contribution in [0.25, 0.3) is 0 Å². The largest absolute Gasteiger partial charge is 0.398 e. The van der Waals surface area contributed by atoms with Crippen molar-refractivity contribution in [3.05, 3.63) is 47.5 Å². The number of nitriles is 1. The summed E-state index contributed by atoms with van der Waals surface area (Å²) in [7, 11) is 4.04. The minimum atomic E-state index is 0.484. The van der Waals surface area contributed by atoms with E-state index in [0.717, 1.165) is 17.1 Å². The molecule has 102 valence electrons. The number of hydrogen-bond donors (Lipinski definition) is 2. The lowest BCUT2D eigenvalue weighted by Crippen LogP contribution is -2.10. The highest BCUT2D eigenvalue weighted by molar-refractivity contribution is 5.70. The SMILES string of the molecule is Cc1ccc(Nc2ccc(C#N)c(N)c2)cc1N(C)C. The van der Waals surface area contributed by atoms with Crippen LogP contribution in [0.4, 0.5) is 22.7 Å². The molecule has 0 spiro atoms. The molecule has 2 aromatic rings. The Morgan fingerprint density at radius 2 is 1.75 bits per heavy atom. The molecule has 3 N–H and O–H groups in total. The zero-order chi connectivity index (χ0) is 14.7. The normalized spacial score (nSPS) is 9.90. The van der Waals surface area contributed by atoms with Crippen LogP contribution < -0.4 is 16.0 Å². The van der Waals surface area contributed by atoms with Crippen molar-refractivity contribution < 1.29 is 0 Å². The van der Waals surface area contributed by atoms with Crippen molar-refractivity contribution in [3.8, 4) is 6.07 Å². The van der Waals surface area contributed by atoms with E-state index in [9.17, 15) is 0 Å². The van der Waals surface area contributed by atoms with Gasteiger partial charge >= 0.3 is 0 Å². The van der Waals surface area contributed by atoms with E-state index in [2.05, 4.69) is 35.3 Å². The first kappa shape index (κ1) is 13.8. The van der Waals surface area contributed by atoms with Crippen LogP contribution in [0.5, 0.6) is 0 Å². The third-order valence-corrected chi connectivity index (χ3v) is 3.15. The number of nitrogens with one attached hydrogen (secondary N) is 1. The number of hydrogen-bond acceptors (Lipinski definition) is 4. The first-order chi connectivity index (χ1) is 9.51. The number of rotatable bonds is 3. The summed E-state index contributed by atoms with van der Waals surface area (Å²) in [6.07, 6.45) is 0. The van der Waals surface area contributed by atoms with Crippen LogP contribution >= 0.6 is 0 Å². The molecule has 0 radical (unpaired) electrons. The summed E-state index contributed by atoms with van der Waals surface area (Å²) in [5, 5.41) is 12.2. The van der Waals surface area contributed by atoms with Gasteiger partial charge in [0.25, 0.3) is 0 Å². The Morgan fingerprint density at radius 3 is 2.35 bits per heavy atom. The predicted molar refractivity (Wildman–Crippen MR) is 84.4 cm³/mol. The van der Waals surface area contributed by atoms with Crippen molar-refractivity contribution in [3.63, 3.8) is 0 Å². The molecule has 0 fully saturated rings. The molecule has 0 saturated carbocycles. The molecule has 4 nitrogen and oxygen atoms in total. The predicted octanol–water partition coefficient (Wildman–Crippen LogP) is 3.26. The molecule has 0 amide bonds. The van der Waals surface area contributed by atoms with E-state index in [1.54, 1.807) is 12.1 Å². The van der Waals surface area contributed by atoms with Crippen LogP contribution in [0, 0.1) is 18.3 Å². The van der Waals surface area contributed by atoms with Crippen molar-refractivity contribution in [1.82, 2.24) is 0 Å². The van der Waals surface area contributed by atoms with Gasteiger partial charge in [0.1, 0.15) is 6.07 Å². The molecule has 0 aliphatic heterocycles. The van der Waals surface area contributed by atoms with Gasteiger partial charge in [-0.3, -0.25) is 0 Å². The van der Waals surface area contributed by atoms with Gasteiger partial charge in [-0.15, -0.1) is 0 Å². The van der Waals surface area contributed by atoms with Crippen LogP contribution in [0.15, 0.2) is 36.4 Å². The summed E-state index contributed by atoms with van der Waals surface area (Å²) in [5.41, 5.74) is 11.0. The highest BCUT2D eigenvalue weighted by atomic mass is 15.1. The standard InChI is InChI=1S/C16H18N4/c1-11-4-6-14(9-16(11)20(2)3)19-13-7-5-12(10-17)15(18)8-13/h4-9,19H,18H2,1-3H3. The van der Waals surface area contributed by atoms with E-state index in [0.29, 0.717) is 11.3 Å². The lowest BCUT2D eigenvalue weighted by Gasteiger charge is -2.17. The number of nitrogen functional groups attached to an aromatic ring is 1. The number of nitrogens with two attached hydrogens (primary N) is 1. The Labute approximate surface area is 119 Å². The Bertz CT molecular complexity index is 669. The van der Waals surface area contributed by atoms with E-state index in [-0.39, 0.29) is 0 Å². The molecule has 0 aliphatic rings. The molecule has 0 saturated heterocycles. The first-order valence-electron chi connectivity index (χ1n) is 6.36. The summed E-state index contributed by atoms with van der Waals surface area (Å²) < 4.78 is 0. The molecular weight excluding hydrogens is 248 g/mol. The van der Waals surface area contributed by atoms with Crippen molar-refractivity contribution in [2.45, 2.75) is 6.92 Å². The number of anilines is 4. The summed E-state index contributed by atoms with van der Waals surface area (Å²) in [6, 6.07) is 13.6. The Balaban J connectivity index is 2.29. The van der Waals surface area contributed by atoms with Gasteiger partial charge in [-0.25, -0.2) is 0 Å². The van der Waals surface area contributed by atoms with Crippen LogP contribution in [0.3, 0.4) is 0 Å². The zero-order valence-corrected chi connectivity index (χ0v) is 11.9. The number of aryl methyl sites for hydroxylation is 1. The van der Waals surface area contributed by atoms with E-state index >= 15 is 0 Å². The van der Waals surface area contributed by atoms with Crippen molar-refractivity contribution in [2.24, 2.45) is 0 Å². The van der Waals surface area contributed by atoms with E-state index in [4.69, 9.17) is 11.0 Å². The summed E-state index contributed by atoms with van der Waals surface area (Å²) >= 11 is 0. The van der Waals surface area contributed by atoms with Crippen molar-refractivity contribution >= 4 is 22.7 Å². The van der Waals surface area contributed by atoms with Gasteiger partial charge in [0, 0.05) is 31.2 Å².